The first kappa shape index (κ1) is 13.9. The van der Waals surface area contributed by atoms with Gasteiger partial charge in [-0.15, -0.1) is 0 Å². The maximum absolute atomic E-state index is 13.7. The van der Waals surface area contributed by atoms with E-state index in [-0.39, 0.29) is 5.69 Å². The SMILES string of the molecule is CC(Nc1c(F)cc(F)cc1[N+](=O)[O-])c1nccn1C. The van der Waals surface area contributed by atoms with Crippen molar-refractivity contribution >= 4 is 11.4 Å². The van der Waals surface area contributed by atoms with Crippen LogP contribution < -0.4 is 5.32 Å². The van der Waals surface area contributed by atoms with E-state index >= 15 is 0 Å². The maximum Gasteiger partial charge on any atom is 0.298 e. The topological polar surface area (TPSA) is 73.0 Å². The number of hydrogen-bond donors (Lipinski definition) is 1. The van der Waals surface area contributed by atoms with Crippen molar-refractivity contribution in [1.29, 1.82) is 0 Å². The molecule has 0 aliphatic rings. The lowest BCUT2D eigenvalue weighted by atomic mass is 10.2. The summed E-state index contributed by atoms with van der Waals surface area (Å²) in [5.41, 5.74) is -1.00. The van der Waals surface area contributed by atoms with E-state index in [0.29, 0.717) is 18.0 Å². The molecule has 1 N–H and O–H groups in total. The smallest absolute Gasteiger partial charge is 0.298 e. The van der Waals surface area contributed by atoms with Crippen LogP contribution in [0.1, 0.15) is 18.8 Å². The molecule has 0 aliphatic heterocycles. The van der Waals surface area contributed by atoms with Gasteiger partial charge < -0.3 is 9.88 Å². The minimum Gasteiger partial charge on any atom is -0.367 e. The predicted molar refractivity (Wildman–Crippen MR) is 68.3 cm³/mol. The molecule has 8 heteroatoms. The monoisotopic (exact) mass is 282 g/mol. The summed E-state index contributed by atoms with van der Waals surface area (Å²) in [4.78, 5) is 14.1. The average Bonchev–Trinajstić information content (AvgIpc) is 2.78. The Bertz CT molecular complexity index is 657. The van der Waals surface area contributed by atoms with Crippen molar-refractivity contribution in [3.63, 3.8) is 0 Å². The zero-order chi connectivity index (χ0) is 14.9. The summed E-state index contributed by atoms with van der Waals surface area (Å²) in [6.45, 7) is 1.68. The Hall–Kier alpha value is -2.51. The molecule has 0 spiro atoms. The lowest BCUT2D eigenvalue weighted by molar-refractivity contribution is -0.384. The van der Waals surface area contributed by atoms with E-state index in [1.807, 2.05) is 0 Å². The van der Waals surface area contributed by atoms with Crippen LogP contribution in [-0.2, 0) is 7.05 Å². The molecule has 1 atom stereocenters. The molecule has 0 bridgehead atoms. The van der Waals surface area contributed by atoms with Crippen molar-refractivity contribution < 1.29 is 13.7 Å². The van der Waals surface area contributed by atoms with E-state index in [1.54, 1.807) is 30.9 Å². The number of imidazole rings is 1. The van der Waals surface area contributed by atoms with Crippen molar-refractivity contribution in [2.24, 2.45) is 7.05 Å². The van der Waals surface area contributed by atoms with Crippen molar-refractivity contribution in [1.82, 2.24) is 9.55 Å². The summed E-state index contributed by atoms with van der Waals surface area (Å²) in [5, 5.41) is 13.5. The van der Waals surface area contributed by atoms with E-state index in [0.717, 1.165) is 0 Å². The van der Waals surface area contributed by atoms with Crippen LogP contribution in [0.25, 0.3) is 0 Å². The van der Waals surface area contributed by atoms with Crippen molar-refractivity contribution in [2.45, 2.75) is 13.0 Å². The number of nitrogens with zero attached hydrogens (tertiary/aromatic N) is 3. The van der Waals surface area contributed by atoms with E-state index in [1.165, 1.54) is 0 Å². The van der Waals surface area contributed by atoms with Gasteiger partial charge in [0.05, 0.1) is 17.0 Å². The molecule has 6 nitrogen and oxygen atoms in total. The average molecular weight is 282 g/mol. The molecule has 2 aromatic rings. The Morgan fingerprint density at radius 1 is 1.45 bits per heavy atom. The predicted octanol–water partition coefficient (Wildman–Crippen LogP) is 2.78. The highest BCUT2D eigenvalue weighted by molar-refractivity contribution is 5.63. The number of rotatable bonds is 4. The Morgan fingerprint density at radius 3 is 2.70 bits per heavy atom. The second-order valence-electron chi connectivity index (χ2n) is 4.30. The summed E-state index contributed by atoms with van der Waals surface area (Å²) < 4.78 is 28.5. The van der Waals surface area contributed by atoms with Gasteiger partial charge in [0.1, 0.15) is 11.6 Å². The summed E-state index contributed by atoms with van der Waals surface area (Å²) in [5.74, 6) is -1.44. The Kier molecular flexibility index (Phi) is 3.64. The van der Waals surface area contributed by atoms with Gasteiger partial charge >= 0.3 is 0 Å². The molecule has 1 heterocycles. The first-order valence-corrected chi connectivity index (χ1v) is 5.77. The highest BCUT2D eigenvalue weighted by Gasteiger charge is 2.23. The molecule has 0 aliphatic carbocycles. The normalized spacial score (nSPS) is 12.2. The van der Waals surface area contributed by atoms with E-state index in [2.05, 4.69) is 10.3 Å². The highest BCUT2D eigenvalue weighted by Crippen LogP contribution is 2.31. The van der Waals surface area contributed by atoms with Gasteiger partial charge in [0.15, 0.2) is 11.5 Å². The first-order chi connectivity index (χ1) is 9.40. The minimum atomic E-state index is -1.02. The van der Waals surface area contributed by atoms with Crippen LogP contribution in [0.3, 0.4) is 0 Å². The number of nitrogens with one attached hydrogen (secondary N) is 1. The second kappa shape index (κ2) is 5.24. The molecule has 106 valence electrons. The fourth-order valence-electron chi connectivity index (χ4n) is 1.92. The molecule has 0 radical (unpaired) electrons. The number of benzene rings is 1. The van der Waals surface area contributed by atoms with Gasteiger partial charge in [-0.05, 0) is 6.92 Å². The van der Waals surface area contributed by atoms with Gasteiger partial charge in [-0.3, -0.25) is 10.1 Å². The number of aryl methyl sites for hydroxylation is 1. The van der Waals surface area contributed by atoms with Crippen molar-refractivity contribution in [3.05, 3.63) is 52.1 Å². The quantitative estimate of drug-likeness (QED) is 0.691. The number of anilines is 1. The van der Waals surface area contributed by atoms with Crippen LogP contribution in [0, 0.1) is 21.7 Å². The maximum atomic E-state index is 13.7. The number of aromatic nitrogens is 2. The van der Waals surface area contributed by atoms with Gasteiger partial charge in [0, 0.05) is 25.5 Å². The zero-order valence-corrected chi connectivity index (χ0v) is 10.8. The zero-order valence-electron chi connectivity index (χ0n) is 10.8. The summed E-state index contributed by atoms with van der Waals surface area (Å²) >= 11 is 0. The molecule has 1 aromatic heterocycles. The number of hydrogen-bond acceptors (Lipinski definition) is 4. The second-order valence-corrected chi connectivity index (χ2v) is 4.30. The Balaban J connectivity index is 2.38. The first-order valence-electron chi connectivity index (χ1n) is 5.77. The molecular weight excluding hydrogens is 270 g/mol. The molecule has 0 amide bonds. The van der Waals surface area contributed by atoms with Gasteiger partial charge in [-0.2, -0.15) is 0 Å². The van der Waals surface area contributed by atoms with E-state index in [4.69, 9.17) is 0 Å². The van der Waals surface area contributed by atoms with Gasteiger partial charge in [-0.1, -0.05) is 0 Å². The van der Waals surface area contributed by atoms with Gasteiger partial charge in [-0.25, -0.2) is 13.8 Å². The van der Waals surface area contributed by atoms with Crippen molar-refractivity contribution in [3.8, 4) is 0 Å². The third kappa shape index (κ3) is 2.58. The summed E-state index contributed by atoms with van der Waals surface area (Å²) in [6, 6.07) is 0.797. The summed E-state index contributed by atoms with van der Waals surface area (Å²) in [7, 11) is 1.75. The lowest BCUT2D eigenvalue weighted by Crippen LogP contribution is -2.14. The molecular formula is C12H12F2N4O2. The van der Waals surface area contributed by atoms with Crippen LogP contribution in [-0.4, -0.2) is 14.5 Å². The Morgan fingerprint density at radius 2 is 2.15 bits per heavy atom. The third-order valence-electron chi connectivity index (χ3n) is 2.84. The van der Waals surface area contributed by atoms with E-state index in [9.17, 15) is 18.9 Å². The lowest BCUT2D eigenvalue weighted by Gasteiger charge is -2.15. The van der Waals surface area contributed by atoms with Crippen LogP contribution in [0.15, 0.2) is 24.5 Å². The fraction of sp³-hybridized carbons (Fsp3) is 0.250. The van der Waals surface area contributed by atoms with Crippen LogP contribution in [0.5, 0.6) is 0 Å². The van der Waals surface area contributed by atoms with Gasteiger partial charge in [0.2, 0.25) is 0 Å². The fourth-order valence-corrected chi connectivity index (χ4v) is 1.92. The van der Waals surface area contributed by atoms with Gasteiger partial charge in [0.25, 0.3) is 5.69 Å². The third-order valence-corrected chi connectivity index (χ3v) is 2.84. The number of halogens is 2. The summed E-state index contributed by atoms with van der Waals surface area (Å²) in [6.07, 6.45) is 3.26. The molecule has 0 saturated carbocycles. The minimum absolute atomic E-state index is 0.355. The number of nitro benzene ring substituents is 1. The van der Waals surface area contributed by atoms with E-state index < -0.39 is 28.3 Å². The molecule has 0 saturated heterocycles. The molecule has 1 unspecified atom stereocenters. The molecule has 2 rings (SSSR count). The molecule has 20 heavy (non-hydrogen) atoms. The standard InChI is InChI=1S/C12H12F2N4O2/c1-7(12-15-3-4-17(12)2)16-11-9(14)5-8(13)6-10(11)18(19)20/h3-7,16H,1-2H3. The van der Waals surface area contributed by atoms with Crippen LogP contribution in [0.2, 0.25) is 0 Å². The molecule has 1 aromatic carbocycles. The Labute approximate surface area is 113 Å². The van der Waals surface area contributed by atoms with Crippen LogP contribution >= 0.6 is 0 Å². The van der Waals surface area contributed by atoms with Crippen molar-refractivity contribution in [2.75, 3.05) is 5.32 Å². The van der Waals surface area contributed by atoms with Crippen LogP contribution in [0.4, 0.5) is 20.2 Å². The molecule has 0 fully saturated rings. The highest BCUT2D eigenvalue weighted by atomic mass is 19.1. The largest absolute Gasteiger partial charge is 0.367 e. The number of nitro groups is 1.